The Bertz CT molecular complexity index is 864. The largest absolute Gasteiger partial charge is 0.484 e. The molecule has 5 nitrogen and oxygen atoms in total. The first-order valence-corrected chi connectivity index (χ1v) is 10.3. The average molecular weight is 415 g/mol. The molecule has 0 radical (unpaired) electrons. The Labute approximate surface area is 177 Å². The molecule has 1 saturated heterocycles. The monoisotopic (exact) mass is 414 g/mol. The van der Waals surface area contributed by atoms with Gasteiger partial charge in [0.1, 0.15) is 5.75 Å². The summed E-state index contributed by atoms with van der Waals surface area (Å²) in [6, 6.07) is 10.6. The number of hydrogen-bond acceptors (Lipinski definition) is 3. The van der Waals surface area contributed by atoms with Crippen molar-refractivity contribution in [2.24, 2.45) is 5.92 Å². The first kappa shape index (κ1) is 21.2. The van der Waals surface area contributed by atoms with Gasteiger partial charge in [0.25, 0.3) is 11.8 Å². The van der Waals surface area contributed by atoms with Gasteiger partial charge in [-0.05, 0) is 80.1 Å². The molecule has 1 aliphatic rings. The van der Waals surface area contributed by atoms with E-state index in [0.29, 0.717) is 27.9 Å². The molecule has 154 valence electrons. The van der Waals surface area contributed by atoms with Gasteiger partial charge in [-0.1, -0.05) is 18.5 Å². The van der Waals surface area contributed by atoms with E-state index in [1.165, 1.54) is 0 Å². The molecule has 6 heteroatoms. The molecule has 1 N–H and O–H groups in total. The maximum atomic E-state index is 12.6. The maximum absolute atomic E-state index is 12.6. The van der Waals surface area contributed by atoms with Crippen LogP contribution in [0.4, 0.5) is 5.69 Å². The molecule has 29 heavy (non-hydrogen) atoms. The number of amides is 2. The zero-order valence-electron chi connectivity index (χ0n) is 17.1. The maximum Gasteiger partial charge on any atom is 0.262 e. The van der Waals surface area contributed by atoms with Gasteiger partial charge in [0.05, 0.1) is 0 Å². The first-order valence-electron chi connectivity index (χ1n) is 9.92. The summed E-state index contributed by atoms with van der Waals surface area (Å²) in [5.74, 6) is 1.07. The number of aryl methyl sites for hydroxylation is 2. The highest BCUT2D eigenvalue weighted by Gasteiger charge is 2.21. The highest BCUT2D eigenvalue weighted by molar-refractivity contribution is 6.32. The van der Waals surface area contributed by atoms with Crippen LogP contribution in [0.2, 0.25) is 5.02 Å². The van der Waals surface area contributed by atoms with E-state index in [-0.39, 0.29) is 18.4 Å². The number of nitrogens with zero attached hydrogens (tertiary/aromatic N) is 1. The molecule has 2 aromatic rings. The minimum absolute atomic E-state index is 0.0478. The van der Waals surface area contributed by atoms with Gasteiger partial charge >= 0.3 is 0 Å². The van der Waals surface area contributed by atoms with Crippen molar-refractivity contribution in [1.29, 1.82) is 0 Å². The summed E-state index contributed by atoms with van der Waals surface area (Å²) in [6.45, 7) is 7.52. The topological polar surface area (TPSA) is 58.6 Å². The van der Waals surface area contributed by atoms with Gasteiger partial charge in [0.15, 0.2) is 6.61 Å². The molecule has 0 aliphatic carbocycles. The number of benzene rings is 2. The van der Waals surface area contributed by atoms with Gasteiger partial charge in [0, 0.05) is 29.4 Å². The predicted octanol–water partition coefficient (Wildman–Crippen LogP) is 4.85. The van der Waals surface area contributed by atoms with Gasteiger partial charge in [-0.25, -0.2) is 0 Å². The fraction of sp³-hybridized carbons (Fsp3) is 0.391. The van der Waals surface area contributed by atoms with Crippen molar-refractivity contribution in [3.8, 4) is 5.75 Å². The van der Waals surface area contributed by atoms with Crippen LogP contribution in [-0.4, -0.2) is 36.4 Å². The molecular formula is C23H27ClN2O3. The number of halogens is 1. The van der Waals surface area contributed by atoms with Crippen LogP contribution in [0, 0.1) is 19.8 Å². The van der Waals surface area contributed by atoms with Crippen LogP contribution in [0.1, 0.15) is 41.3 Å². The Morgan fingerprint density at radius 3 is 2.28 bits per heavy atom. The molecule has 0 saturated carbocycles. The molecule has 1 heterocycles. The van der Waals surface area contributed by atoms with E-state index < -0.39 is 0 Å². The van der Waals surface area contributed by atoms with E-state index in [1.54, 1.807) is 24.3 Å². The normalized spacial score (nSPS) is 14.6. The third-order valence-electron chi connectivity index (χ3n) is 5.27. The van der Waals surface area contributed by atoms with Crippen LogP contribution in [-0.2, 0) is 4.79 Å². The lowest BCUT2D eigenvalue weighted by molar-refractivity contribution is -0.118. The van der Waals surface area contributed by atoms with Crippen LogP contribution >= 0.6 is 11.6 Å². The van der Waals surface area contributed by atoms with Crippen LogP contribution in [0.3, 0.4) is 0 Å². The standard InChI is InChI=1S/C23H27ClN2O3/c1-15-8-10-26(11-9-15)23(28)18-4-6-19(7-5-18)25-21(27)14-29-20-12-16(2)22(24)17(3)13-20/h4-7,12-13,15H,8-11,14H2,1-3H3,(H,25,27). The van der Waals surface area contributed by atoms with E-state index >= 15 is 0 Å². The Hall–Kier alpha value is -2.53. The third-order valence-corrected chi connectivity index (χ3v) is 5.86. The molecule has 0 atom stereocenters. The first-order chi connectivity index (χ1) is 13.8. The van der Waals surface area contributed by atoms with Crippen LogP contribution in [0.5, 0.6) is 5.75 Å². The van der Waals surface area contributed by atoms with Gasteiger partial charge in [0.2, 0.25) is 0 Å². The molecule has 0 unspecified atom stereocenters. The molecule has 2 amide bonds. The number of hydrogen-bond donors (Lipinski definition) is 1. The van der Waals surface area contributed by atoms with Crippen molar-refractivity contribution in [3.63, 3.8) is 0 Å². The number of ether oxygens (including phenoxy) is 1. The van der Waals surface area contributed by atoms with Crippen molar-refractivity contribution >= 4 is 29.1 Å². The van der Waals surface area contributed by atoms with Crippen molar-refractivity contribution in [3.05, 3.63) is 58.1 Å². The molecule has 1 fully saturated rings. The summed E-state index contributed by atoms with van der Waals surface area (Å²) in [5, 5.41) is 3.49. The van der Waals surface area contributed by atoms with Gasteiger partial charge in [-0.3, -0.25) is 9.59 Å². The van der Waals surface area contributed by atoms with Crippen LogP contribution < -0.4 is 10.1 Å². The van der Waals surface area contributed by atoms with E-state index in [9.17, 15) is 9.59 Å². The highest BCUT2D eigenvalue weighted by Crippen LogP contribution is 2.26. The van der Waals surface area contributed by atoms with E-state index in [1.807, 2.05) is 30.9 Å². The Morgan fingerprint density at radius 2 is 1.69 bits per heavy atom. The lowest BCUT2D eigenvalue weighted by atomic mass is 9.98. The molecule has 2 aromatic carbocycles. The Kier molecular flexibility index (Phi) is 6.80. The Balaban J connectivity index is 1.52. The fourth-order valence-electron chi connectivity index (χ4n) is 3.43. The SMILES string of the molecule is Cc1cc(OCC(=O)Nc2ccc(C(=O)N3CCC(C)CC3)cc2)cc(C)c1Cl. The van der Waals surface area contributed by atoms with Gasteiger partial charge < -0.3 is 15.0 Å². The quantitative estimate of drug-likeness (QED) is 0.761. The van der Waals surface area contributed by atoms with Gasteiger partial charge in [-0.2, -0.15) is 0 Å². The second-order valence-electron chi connectivity index (χ2n) is 7.76. The zero-order valence-corrected chi connectivity index (χ0v) is 17.9. The lowest BCUT2D eigenvalue weighted by Gasteiger charge is -2.30. The number of anilines is 1. The van der Waals surface area contributed by atoms with Crippen molar-refractivity contribution in [2.45, 2.75) is 33.6 Å². The summed E-state index contributed by atoms with van der Waals surface area (Å²) in [6.07, 6.45) is 2.10. The molecule has 0 spiro atoms. The third kappa shape index (κ3) is 5.51. The molecular weight excluding hydrogens is 388 g/mol. The number of carbonyl (C=O) groups excluding carboxylic acids is 2. The smallest absolute Gasteiger partial charge is 0.262 e. The Morgan fingerprint density at radius 1 is 1.10 bits per heavy atom. The van der Waals surface area contributed by atoms with Crippen LogP contribution in [0.25, 0.3) is 0 Å². The second kappa shape index (κ2) is 9.31. The number of piperidine rings is 1. The minimum atomic E-state index is -0.264. The van der Waals surface area contributed by atoms with Crippen molar-refractivity contribution < 1.29 is 14.3 Å². The molecule has 3 rings (SSSR count). The highest BCUT2D eigenvalue weighted by atomic mass is 35.5. The number of rotatable bonds is 5. The summed E-state index contributed by atoms with van der Waals surface area (Å²) in [7, 11) is 0. The average Bonchev–Trinajstić information content (AvgIpc) is 2.71. The fourth-order valence-corrected chi connectivity index (χ4v) is 3.53. The van der Waals surface area contributed by atoms with Crippen molar-refractivity contribution in [2.75, 3.05) is 25.0 Å². The second-order valence-corrected chi connectivity index (χ2v) is 8.14. The summed E-state index contributed by atoms with van der Waals surface area (Å²) in [5.41, 5.74) is 3.09. The lowest BCUT2D eigenvalue weighted by Crippen LogP contribution is -2.37. The van der Waals surface area contributed by atoms with E-state index in [2.05, 4.69) is 12.2 Å². The van der Waals surface area contributed by atoms with Crippen LogP contribution in [0.15, 0.2) is 36.4 Å². The van der Waals surface area contributed by atoms with Gasteiger partial charge in [-0.15, -0.1) is 0 Å². The molecule has 0 bridgehead atoms. The van der Waals surface area contributed by atoms with E-state index in [0.717, 1.165) is 37.1 Å². The zero-order chi connectivity index (χ0) is 21.0. The number of carbonyl (C=O) groups is 2. The number of nitrogens with one attached hydrogen (secondary N) is 1. The summed E-state index contributed by atoms with van der Waals surface area (Å²) < 4.78 is 5.58. The van der Waals surface area contributed by atoms with E-state index in [4.69, 9.17) is 16.3 Å². The summed E-state index contributed by atoms with van der Waals surface area (Å²) >= 11 is 6.15. The molecule has 1 aliphatic heterocycles. The molecule has 0 aromatic heterocycles. The van der Waals surface area contributed by atoms with Crippen molar-refractivity contribution in [1.82, 2.24) is 4.90 Å². The minimum Gasteiger partial charge on any atom is -0.484 e. The predicted molar refractivity (Wildman–Crippen MR) is 116 cm³/mol. The summed E-state index contributed by atoms with van der Waals surface area (Å²) in [4.78, 5) is 26.7. The number of likely N-dealkylation sites (tertiary alicyclic amines) is 1.